The van der Waals surface area contributed by atoms with Crippen LogP contribution in [0.25, 0.3) is 10.9 Å². The Hall–Kier alpha value is -1.65. The molecule has 1 aromatic heterocycles. The van der Waals surface area contributed by atoms with E-state index < -0.39 is 0 Å². The standard InChI is InChI=1S/C18H20ClN3O/c19-13-4-5-16-14(10-13)15(11-17(21-16)12-2-3-12)18(23)22-8-1-6-20-7-9-22/h4-5,10-12,20H,1-3,6-9H2. The Labute approximate surface area is 140 Å². The summed E-state index contributed by atoms with van der Waals surface area (Å²) in [5.41, 5.74) is 2.67. The lowest BCUT2D eigenvalue weighted by molar-refractivity contribution is 0.0768. The topological polar surface area (TPSA) is 45.2 Å². The second kappa shape index (κ2) is 6.10. The van der Waals surface area contributed by atoms with E-state index in [0.29, 0.717) is 10.9 Å². The summed E-state index contributed by atoms with van der Waals surface area (Å²) >= 11 is 6.16. The Morgan fingerprint density at radius 3 is 2.91 bits per heavy atom. The number of halogens is 1. The molecule has 2 heterocycles. The van der Waals surface area contributed by atoms with Crippen LogP contribution < -0.4 is 5.32 Å². The van der Waals surface area contributed by atoms with Gasteiger partial charge < -0.3 is 10.2 Å². The lowest BCUT2D eigenvalue weighted by Crippen LogP contribution is -2.34. The van der Waals surface area contributed by atoms with E-state index >= 15 is 0 Å². The molecule has 1 saturated carbocycles. The Morgan fingerprint density at radius 2 is 2.09 bits per heavy atom. The zero-order valence-corrected chi connectivity index (χ0v) is 13.8. The quantitative estimate of drug-likeness (QED) is 0.920. The molecule has 0 unspecified atom stereocenters. The third kappa shape index (κ3) is 3.06. The number of pyridine rings is 1. The maximum atomic E-state index is 13.1. The second-order valence-electron chi connectivity index (χ2n) is 6.43. The molecule has 2 aliphatic rings. The predicted molar refractivity (Wildman–Crippen MR) is 92.1 cm³/mol. The predicted octanol–water partition coefficient (Wildman–Crippen LogP) is 3.20. The second-order valence-corrected chi connectivity index (χ2v) is 6.86. The molecule has 4 nitrogen and oxygen atoms in total. The Kier molecular flexibility index (Phi) is 3.95. The molecular weight excluding hydrogens is 310 g/mol. The van der Waals surface area contributed by atoms with Gasteiger partial charge in [0, 0.05) is 41.7 Å². The number of rotatable bonds is 2. The van der Waals surface area contributed by atoms with Gasteiger partial charge in [0.1, 0.15) is 0 Å². The summed E-state index contributed by atoms with van der Waals surface area (Å²) in [7, 11) is 0. The maximum absolute atomic E-state index is 13.1. The highest BCUT2D eigenvalue weighted by Gasteiger charge is 2.28. The summed E-state index contributed by atoms with van der Waals surface area (Å²) < 4.78 is 0. The van der Waals surface area contributed by atoms with Gasteiger partial charge in [-0.15, -0.1) is 0 Å². The lowest BCUT2D eigenvalue weighted by Gasteiger charge is -2.21. The van der Waals surface area contributed by atoms with Crippen molar-refractivity contribution in [2.45, 2.75) is 25.2 Å². The summed E-state index contributed by atoms with van der Waals surface area (Å²) in [5, 5.41) is 4.85. The monoisotopic (exact) mass is 329 g/mol. The first kappa shape index (κ1) is 14.9. The van der Waals surface area contributed by atoms with Crippen molar-refractivity contribution in [3.8, 4) is 0 Å². The molecule has 2 fully saturated rings. The highest BCUT2D eigenvalue weighted by molar-refractivity contribution is 6.31. The highest BCUT2D eigenvalue weighted by Crippen LogP contribution is 2.40. The van der Waals surface area contributed by atoms with Gasteiger partial charge in [-0.3, -0.25) is 9.78 Å². The summed E-state index contributed by atoms with van der Waals surface area (Å²) in [6, 6.07) is 7.63. The summed E-state index contributed by atoms with van der Waals surface area (Å²) in [6.45, 7) is 3.38. The van der Waals surface area contributed by atoms with Crippen molar-refractivity contribution in [2.24, 2.45) is 0 Å². The fraction of sp³-hybridized carbons (Fsp3) is 0.444. The van der Waals surface area contributed by atoms with Gasteiger partial charge in [-0.25, -0.2) is 0 Å². The molecule has 4 rings (SSSR count). The molecule has 1 aromatic carbocycles. The Balaban J connectivity index is 1.79. The smallest absolute Gasteiger partial charge is 0.254 e. The zero-order valence-electron chi connectivity index (χ0n) is 13.0. The first-order chi connectivity index (χ1) is 11.2. The van der Waals surface area contributed by atoms with Gasteiger partial charge in [-0.05, 0) is 50.1 Å². The number of hydrogen-bond acceptors (Lipinski definition) is 3. The molecule has 2 aromatic rings. The van der Waals surface area contributed by atoms with Crippen LogP contribution in [0.1, 0.15) is 41.2 Å². The zero-order chi connectivity index (χ0) is 15.8. The van der Waals surface area contributed by atoms with Crippen LogP contribution in [-0.4, -0.2) is 42.0 Å². The summed E-state index contributed by atoms with van der Waals surface area (Å²) in [5.74, 6) is 0.623. The third-order valence-corrected chi connectivity index (χ3v) is 4.88. The molecule has 1 N–H and O–H groups in total. The van der Waals surface area contributed by atoms with E-state index in [1.54, 1.807) is 0 Å². The third-order valence-electron chi connectivity index (χ3n) is 4.64. The lowest BCUT2D eigenvalue weighted by atomic mass is 10.0. The largest absolute Gasteiger partial charge is 0.337 e. The van der Waals surface area contributed by atoms with Gasteiger partial charge in [-0.2, -0.15) is 0 Å². The van der Waals surface area contributed by atoms with E-state index in [9.17, 15) is 4.79 Å². The number of benzene rings is 1. The van der Waals surface area contributed by atoms with Crippen LogP contribution in [0.15, 0.2) is 24.3 Å². The van der Waals surface area contributed by atoms with Crippen LogP contribution >= 0.6 is 11.6 Å². The molecule has 0 radical (unpaired) electrons. The van der Waals surface area contributed by atoms with E-state index in [4.69, 9.17) is 16.6 Å². The fourth-order valence-corrected chi connectivity index (χ4v) is 3.37. The van der Waals surface area contributed by atoms with Crippen molar-refractivity contribution in [2.75, 3.05) is 26.2 Å². The van der Waals surface area contributed by atoms with E-state index in [2.05, 4.69) is 5.32 Å². The van der Waals surface area contributed by atoms with Crippen LogP contribution in [0.2, 0.25) is 5.02 Å². The number of carbonyl (C=O) groups excluding carboxylic acids is 1. The minimum Gasteiger partial charge on any atom is -0.337 e. The van der Waals surface area contributed by atoms with Crippen LogP contribution in [0, 0.1) is 0 Å². The van der Waals surface area contributed by atoms with Gasteiger partial charge in [0.15, 0.2) is 0 Å². The minimum atomic E-state index is 0.102. The molecule has 0 spiro atoms. The van der Waals surface area contributed by atoms with Crippen molar-refractivity contribution in [1.29, 1.82) is 0 Å². The molecule has 1 amide bonds. The van der Waals surface area contributed by atoms with Gasteiger partial charge >= 0.3 is 0 Å². The first-order valence-electron chi connectivity index (χ1n) is 8.32. The van der Waals surface area contributed by atoms with Crippen molar-refractivity contribution >= 4 is 28.4 Å². The fourth-order valence-electron chi connectivity index (χ4n) is 3.20. The van der Waals surface area contributed by atoms with Crippen molar-refractivity contribution < 1.29 is 4.79 Å². The number of nitrogens with zero attached hydrogens (tertiary/aromatic N) is 2. The van der Waals surface area contributed by atoms with Crippen LogP contribution in [-0.2, 0) is 0 Å². The number of hydrogen-bond donors (Lipinski definition) is 1. The molecular formula is C18H20ClN3O. The van der Waals surface area contributed by atoms with Gasteiger partial charge in [0.25, 0.3) is 5.91 Å². The molecule has 1 saturated heterocycles. The van der Waals surface area contributed by atoms with Crippen LogP contribution in [0.5, 0.6) is 0 Å². The van der Waals surface area contributed by atoms with E-state index in [1.807, 2.05) is 29.2 Å². The number of nitrogens with one attached hydrogen (secondary N) is 1. The van der Waals surface area contributed by atoms with Crippen molar-refractivity contribution in [3.05, 3.63) is 40.5 Å². The highest BCUT2D eigenvalue weighted by atomic mass is 35.5. The van der Waals surface area contributed by atoms with Gasteiger partial charge in [0.2, 0.25) is 0 Å². The summed E-state index contributed by atoms with van der Waals surface area (Å²) in [4.78, 5) is 19.8. The normalized spacial score (nSPS) is 18.9. The van der Waals surface area contributed by atoms with Crippen LogP contribution in [0.3, 0.4) is 0 Å². The molecule has 0 bridgehead atoms. The number of fused-ring (bicyclic) bond motifs is 1. The van der Waals surface area contributed by atoms with Gasteiger partial charge in [-0.1, -0.05) is 11.6 Å². The van der Waals surface area contributed by atoms with E-state index in [0.717, 1.165) is 54.8 Å². The first-order valence-corrected chi connectivity index (χ1v) is 8.70. The summed E-state index contributed by atoms with van der Waals surface area (Å²) in [6.07, 6.45) is 3.34. The van der Waals surface area contributed by atoms with Gasteiger partial charge in [0.05, 0.1) is 11.1 Å². The van der Waals surface area contributed by atoms with Crippen molar-refractivity contribution in [3.63, 3.8) is 0 Å². The number of carbonyl (C=O) groups is 1. The SMILES string of the molecule is O=C(c1cc(C2CC2)nc2ccc(Cl)cc12)N1CCCNCC1. The number of amides is 1. The molecule has 5 heteroatoms. The average molecular weight is 330 g/mol. The number of aromatic nitrogens is 1. The van der Waals surface area contributed by atoms with E-state index in [-0.39, 0.29) is 5.91 Å². The Bertz CT molecular complexity index is 749. The molecule has 1 aliphatic carbocycles. The van der Waals surface area contributed by atoms with E-state index in [1.165, 1.54) is 12.8 Å². The molecule has 120 valence electrons. The molecule has 1 aliphatic heterocycles. The molecule has 23 heavy (non-hydrogen) atoms. The average Bonchev–Trinajstić information content (AvgIpc) is 3.39. The Morgan fingerprint density at radius 1 is 1.22 bits per heavy atom. The van der Waals surface area contributed by atoms with Crippen LogP contribution in [0.4, 0.5) is 0 Å². The minimum absolute atomic E-state index is 0.102. The molecule has 0 atom stereocenters. The van der Waals surface area contributed by atoms with Crippen molar-refractivity contribution in [1.82, 2.24) is 15.2 Å². The maximum Gasteiger partial charge on any atom is 0.254 e.